The van der Waals surface area contributed by atoms with Crippen molar-refractivity contribution in [3.63, 3.8) is 0 Å². The van der Waals surface area contributed by atoms with Crippen LogP contribution in [0.3, 0.4) is 0 Å². The minimum Gasteiger partial charge on any atom is -0.481 e. The quantitative estimate of drug-likeness (QED) is 0.707. The Kier molecular flexibility index (Phi) is 6.62. The highest BCUT2D eigenvalue weighted by atomic mass is 16.4. The van der Waals surface area contributed by atoms with Crippen molar-refractivity contribution in [1.82, 2.24) is 9.80 Å². The van der Waals surface area contributed by atoms with E-state index in [9.17, 15) is 9.59 Å². The van der Waals surface area contributed by atoms with Crippen molar-refractivity contribution >= 4 is 12.0 Å². The molecule has 0 saturated carbocycles. The lowest BCUT2D eigenvalue weighted by Crippen LogP contribution is -2.46. The van der Waals surface area contributed by atoms with E-state index in [2.05, 4.69) is 0 Å². The van der Waals surface area contributed by atoms with Crippen molar-refractivity contribution in [3.05, 3.63) is 0 Å². The van der Waals surface area contributed by atoms with Crippen LogP contribution in [0.4, 0.5) is 4.79 Å². The van der Waals surface area contributed by atoms with Crippen LogP contribution in [0.2, 0.25) is 0 Å². The number of aliphatic hydroxyl groups is 1. The molecule has 0 aromatic heterocycles. The molecule has 2 N–H and O–H groups in total. The molecule has 6 heteroatoms. The van der Waals surface area contributed by atoms with E-state index in [0.29, 0.717) is 32.5 Å². The molecule has 0 bridgehead atoms. The van der Waals surface area contributed by atoms with Gasteiger partial charge in [0.15, 0.2) is 0 Å². The summed E-state index contributed by atoms with van der Waals surface area (Å²) in [6, 6.07) is -0.0205. The van der Waals surface area contributed by atoms with E-state index in [1.807, 2.05) is 0 Å². The molecule has 1 saturated heterocycles. The van der Waals surface area contributed by atoms with Crippen LogP contribution in [0.25, 0.3) is 0 Å². The van der Waals surface area contributed by atoms with Crippen molar-refractivity contribution in [2.24, 2.45) is 5.92 Å². The molecule has 0 spiro atoms. The van der Waals surface area contributed by atoms with Gasteiger partial charge in [0.1, 0.15) is 0 Å². The van der Waals surface area contributed by atoms with Crippen LogP contribution in [-0.2, 0) is 4.79 Å². The molecular weight excluding hydrogens is 248 g/mol. The number of hydrogen-bond acceptors (Lipinski definition) is 3. The fraction of sp³-hybridized carbons (Fsp3) is 0.846. The highest BCUT2D eigenvalue weighted by Gasteiger charge is 2.28. The van der Waals surface area contributed by atoms with E-state index in [1.165, 1.54) is 0 Å². The number of carboxylic acids is 1. The Labute approximate surface area is 114 Å². The first kappa shape index (κ1) is 15.8. The maximum absolute atomic E-state index is 12.1. The Balaban J connectivity index is 2.27. The van der Waals surface area contributed by atoms with Gasteiger partial charge in [0.25, 0.3) is 0 Å². The Morgan fingerprint density at radius 1 is 1.21 bits per heavy atom. The lowest BCUT2D eigenvalue weighted by Gasteiger charge is -2.33. The maximum atomic E-state index is 12.1. The van der Waals surface area contributed by atoms with Crippen LogP contribution in [0.1, 0.15) is 32.1 Å². The fourth-order valence-electron chi connectivity index (χ4n) is 2.29. The van der Waals surface area contributed by atoms with Gasteiger partial charge in [-0.1, -0.05) is 0 Å². The maximum Gasteiger partial charge on any atom is 0.319 e. The van der Waals surface area contributed by atoms with Crippen molar-refractivity contribution in [2.45, 2.75) is 32.1 Å². The average Bonchev–Trinajstić information content (AvgIpc) is 2.42. The van der Waals surface area contributed by atoms with Crippen LogP contribution in [0.15, 0.2) is 0 Å². The third-order valence-corrected chi connectivity index (χ3v) is 3.59. The number of amides is 2. The summed E-state index contributed by atoms with van der Waals surface area (Å²) in [6.45, 7) is 1.92. The molecule has 1 rings (SSSR count). The molecule has 0 aromatic rings. The van der Waals surface area contributed by atoms with E-state index < -0.39 is 5.97 Å². The molecular formula is C13H24N2O4. The number of rotatable bonds is 6. The molecule has 0 atom stereocenters. The summed E-state index contributed by atoms with van der Waals surface area (Å²) in [4.78, 5) is 26.3. The first-order chi connectivity index (χ1) is 9.06. The summed E-state index contributed by atoms with van der Waals surface area (Å²) in [7, 11) is 1.77. The van der Waals surface area contributed by atoms with Gasteiger partial charge in [-0.2, -0.15) is 0 Å². The Morgan fingerprint density at radius 2 is 1.84 bits per heavy atom. The monoisotopic (exact) mass is 272 g/mol. The summed E-state index contributed by atoms with van der Waals surface area (Å²) in [5, 5.41) is 17.6. The van der Waals surface area contributed by atoms with E-state index in [1.54, 1.807) is 16.8 Å². The number of carboxylic acid groups (broad SMARTS) is 1. The smallest absolute Gasteiger partial charge is 0.319 e. The van der Waals surface area contributed by atoms with Crippen molar-refractivity contribution in [1.29, 1.82) is 0 Å². The zero-order chi connectivity index (χ0) is 14.3. The van der Waals surface area contributed by atoms with Crippen molar-refractivity contribution in [3.8, 4) is 0 Å². The molecule has 19 heavy (non-hydrogen) atoms. The van der Waals surface area contributed by atoms with Gasteiger partial charge >= 0.3 is 12.0 Å². The summed E-state index contributed by atoms with van der Waals surface area (Å²) in [6.07, 6.45) is 3.65. The second-order valence-electron chi connectivity index (χ2n) is 5.09. The van der Waals surface area contributed by atoms with Crippen molar-refractivity contribution in [2.75, 3.05) is 33.3 Å². The Bertz CT molecular complexity index is 301. The molecule has 0 radical (unpaired) electrons. The topological polar surface area (TPSA) is 81.1 Å². The molecule has 0 unspecified atom stereocenters. The largest absolute Gasteiger partial charge is 0.481 e. The van der Waals surface area contributed by atoms with Gasteiger partial charge in [0.2, 0.25) is 0 Å². The molecule has 1 aliphatic heterocycles. The minimum absolute atomic E-state index is 0.0205. The number of hydrogen-bond donors (Lipinski definition) is 2. The highest BCUT2D eigenvalue weighted by Crippen LogP contribution is 2.18. The summed E-state index contributed by atoms with van der Waals surface area (Å²) in [5.41, 5.74) is 0. The minimum atomic E-state index is -0.760. The summed E-state index contributed by atoms with van der Waals surface area (Å²) in [5.74, 6) is -1.07. The molecule has 110 valence electrons. The number of nitrogens with zero attached hydrogens (tertiary/aromatic N) is 2. The number of aliphatic hydroxyl groups excluding tert-OH is 1. The van der Waals surface area contributed by atoms with E-state index in [-0.39, 0.29) is 18.6 Å². The number of carbonyl (C=O) groups excluding carboxylic acids is 1. The predicted octanol–water partition coefficient (Wildman–Crippen LogP) is 0.997. The van der Waals surface area contributed by atoms with Gasteiger partial charge in [-0.15, -0.1) is 0 Å². The van der Waals surface area contributed by atoms with E-state index >= 15 is 0 Å². The van der Waals surface area contributed by atoms with Crippen LogP contribution in [0, 0.1) is 5.92 Å². The zero-order valence-electron chi connectivity index (χ0n) is 11.5. The second kappa shape index (κ2) is 7.99. The van der Waals surface area contributed by atoms with Crippen LogP contribution in [-0.4, -0.2) is 65.3 Å². The fourth-order valence-corrected chi connectivity index (χ4v) is 2.29. The second-order valence-corrected chi connectivity index (χ2v) is 5.09. The van der Waals surface area contributed by atoms with Gasteiger partial charge in [-0.3, -0.25) is 4.79 Å². The molecule has 0 aromatic carbocycles. The highest BCUT2D eigenvalue weighted by molar-refractivity contribution is 5.75. The normalized spacial score (nSPS) is 16.4. The van der Waals surface area contributed by atoms with E-state index in [0.717, 1.165) is 19.3 Å². The first-order valence-corrected chi connectivity index (χ1v) is 6.90. The van der Waals surface area contributed by atoms with Gasteiger partial charge in [-0.25, -0.2) is 4.79 Å². The molecule has 0 aliphatic carbocycles. The zero-order valence-corrected chi connectivity index (χ0v) is 11.5. The SMILES string of the molecule is CN(CCCCCO)C(=O)N1CCC(C(=O)O)CC1. The number of aliphatic carboxylic acids is 1. The lowest BCUT2D eigenvalue weighted by molar-refractivity contribution is -0.143. The summed E-state index contributed by atoms with van der Waals surface area (Å²) < 4.78 is 0. The number of urea groups is 1. The molecule has 1 heterocycles. The Hall–Kier alpha value is -1.30. The number of carbonyl (C=O) groups is 2. The summed E-state index contributed by atoms with van der Waals surface area (Å²) >= 11 is 0. The molecule has 1 aliphatic rings. The molecule has 2 amide bonds. The van der Waals surface area contributed by atoms with Crippen LogP contribution >= 0.6 is 0 Å². The van der Waals surface area contributed by atoms with Gasteiger partial charge < -0.3 is 20.0 Å². The number of unbranched alkanes of at least 4 members (excludes halogenated alkanes) is 2. The average molecular weight is 272 g/mol. The first-order valence-electron chi connectivity index (χ1n) is 6.90. The van der Waals surface area contributed by atoms with Crippen LogP contribution in [0.5, 0.6) is 0 Å². The lowest BCUT2D eigenvalue weighted by atomic mass is 9.97. The predicted molar refractivity (Wildman–Crippen MR) is 70.9 cm³/mol. The van der Waals surface area contributed by atoms with Gasteiger partial charge in [0, 0.05) is 33.3 Å². The number of piperidine rings is 1. The van der Waals surface area contributed by atoms with Gasteiger partial charge in [0.05, 0.1) is 5.92 Å². The Morgan fingerprint density at radius 3 is 2.37 bits per heavy atom. The third-order valence-electron chi connectivity index (χ3n) is 3.59. The van der Waals surface area contributed by atoms with Crippen LogP contribution < -0.4 is 0 Å². The third kappa shape index (κ3) is 5.06. The van der Waals surface area contributed by atoms with Crippen molar-refractivity contribution < 1.29 is 19.8 Å². The molecule has 6 nitrogen and oxygen atoms in total. The molecule has 1 fully saturated rings. The standard InChI is InChI=1S/C13H24N2O4/c1-14(7-3-2-4-10-16)13(19)15-8-5-11(6-9-15)12(17)18/h11,16H,2-10H2,1H3,(H,17,18). The van der Waals surface area contributed by atoms with E-state index in [4.69, 9.17) is 10.2 Å². The van der Waals surface area contributed by atoms with Gasteiger partial charge in [-0.05, 0) is 32.1 Å². The number of likely N-dealkylation sites (tertiary alicyclic amines) is 1.